The van der Waals surface area contributed by atoms with Gasteiger partial charge in [0.05, 0.1) is 0 Å². The van der Waals surface area contributed by atoms with E-state index in [1.165, 1.54) is 11.1 Å². The molecular formula is C24H22N2O3. The number of ether oxygens (including phenoxy) is 1. The van der Waals surface area contributed by atoms with E-state index in [2.05, 4.69) is 36.3 Å². The first-order valence-electron chi connectivity index (χ1n) is 9.45. The first kappa shape index (κ1) is 18.7. The normalized spacial score (nSPS) is 10.9. The summed E-state index contributed by atoms with van der Waals surface area (Å²) in [6.07, 6.45) is 0. The zero-order valence-corrected chi connectivity index (χ0v) is 16.7. The number of fused-ring (bicyclic) bond motifs is 1. The van der Waals surface area contributed by atoms with Crippen LogP contribution in [-0.2, 0) is 4.79 Å². The molecule has 146 valence electrons. The Balaban J connectivity index is 1.47. The van der Waals surface area contributed by atoms with E-state index in [0.29, 0.717) is 28.4 Å². The molecule has 1 N–H and O–H groups in total. The van der Waals surface area contributed by atoms with Crippen LogP contribution in [0.2, 0.25) is 0 Å². The fraction of sp³-hybridized carbons (Fsp3) is 0.167. The van der Waals surface area contributed by atoms with Gasteiger partial charge in [0.1, 0.15) is 11.3 Å². The second-order valence-electron chi connectivity index (χ2n) is 7.15. The molecule has 1 heterocycles. The van der Waals surface area contributed by atoms with Crippen LogP contribution in [0.3, 0.4) is 0 Å². The lowest BCUT2D eigenvalue weighted by atomic mass is 10.1. The van der Waals surface area contributed by atoms with Gasteiger partial charge in [0.15, 0.2) is 12.2 Å². The van der Waals surface area contributed by atoms with Crippen LogP contribution < -0.4 is 10.1 Å². The van der Waals surface area contributed by atoms with Gasteiger partial charge in [0, 0.05) is 11.3 Å². The van der Waals surface area contributed by atoms with E-state index < -0.39 is 0 Å². The van der Waals surface area contributed by atoms with E-state index in [-0.39, 0.29) is 12.5 Å². The molecule has 0 radical (unpaired) electrons. The predicted molar refractivity (Wildman–Crippen MR) is 114 cm³/mol. The Labute approximate surface area is 169 Å². The number of nitrogens with zero attached hydrogens (tertiary/aromatic N) is 1. The highest BCUT2D eigenvalue weighted by molar-refractivity contribution is 5.94. The van der Waals surface area contributed by atoms with Gasteiger partial charge >= 0.3 is 0 Å². The Morgan fingerprint density at radius 2 is 1.86 bits per heavy atom. The Kier molecular flexibility index (Phi) is 5.04. The van der Waals surface area contributed by atoms with Gasteiger partial charge in [-0.3, -0.25) is 4.79 Å². The number of anilines is 1. The average Bonchev–Trinajstić information content (AvgIpc) is 3.12. The van der Waals surface area contributed by atoms with E-state index in [1.807, 2.05) is 43.3 Å². The van der Waals surface area contributed by atoms with E-state index in [1.54, 1.807) is 12.1 Å². The van der Waals surface area contributed by atoms with Crippen LogP contribution >= 0.6 is 0 Å². The van der Waals surface area contributed by atoms with Crippen LogP contribution in [0.15, 0.2) is 65.1 Å². The zero-order chi connectivity index (χ0) is 20.4. The third kappa shape index (κ3) is 4.29. The molecule has 0 fully saturated rings. The molecule has 4 aromatic rings. The van der Waals surface area contributed by atoms with Gasteiger partial charge in [-0.15, -0.1) is 0 Å². The molecule has 0 aliphatic rings. The van der Waals surface area contributed by atoms with Gasteiger partial charge in [-0.1, -0.05) is 18.2 Å². The molecule has 5 heteroatoms. The van der Waals surface area contributed by atoms with Crippen LogP contribution in [0.25, 0.3) is 22.6 Å². The summed E-state index contributed by atoms with van der Waals surface area (Å²) in [5, 5.41) is 2.84. The second kappa shape index (κ2) is 7.80. The van der Waals surface area contributed by atoms with Crippen molar-refractivity contribution < 1.29 is 13.9 Å². The summed E-state index contributed by atoms with van der Waals surface area (Å²) in [7, 11) is 0. The number of hydrogen-bond acceptors (Lipinski definition) is 4. The quantitative estimate of drug-likeness (QED) is 0.496. The Hall–Kier alpha value is -3.60. The molecule has 29 heavy (non-hydrogen) atoms. The number of amides is 1. The molecule has 1 amide bonds. The first-order valence-corrected chi connectivity index (χ1v) is 9.45. The lowest BCUT2D eigenvalue weighted by Gasteiger charge is -2.08. The average molecular weight is 386 g/mol. The number of hydrogen-bond donors (Lipinski definition) is 1. The highest BCUT2D eigenvalue weighted by Crippen LogP contribution is 2.27. The number of nitrogens with one attached hydrogen (secondary N) is 1. The summed E-state index contributed by atoms with van der Waals surface area (Å²) < 4.78 is 11.4. The standard InChI is InChI=1S/C24H22N2O3/c1-15-5-4-6-20(11-15)28-14-23(27)25-19-9-10-22-21(13-19)26-24(29-22)18-8-7-16(2)17(3)12-18/h4-13H,14H2,1-3H3,(H,25,27). The van der Waals surface area contributed by atoms with Crippen LogP contribution in [0.5, 0.6) is 5.75 Å². The summed E-state index contributed by atoms with van der Waals surface area (Å²) in [6.45, 7) is 6.05. The van der Waals surface area contributed by atoms with E-state index in [9.17, 15) is 4.79 Å². The van der Waals surface area contributed by atoms with Crippen molar-refractivity contribution in [3.8, 4) is 17.2 Å². The number of aryl methyl sites for hydroxylation is 3. The third-order valence-electron chi connectivity index (χ3n) is 4.78. The number of rotatable bonds is 5. The van der Waals surface area contributed by atoms with Crippen molar-refractivity contribution >= 4 is 22.7 Å². The van der Waals surface area contributed by atoms with Crippen molar-refractivity contribution in [2.24, 2.45) is 0 Å². The van der Waals surface area contributed by atoms with Crippen LogP contribution in [0.1, 0.15) is 16.7 Å². The smallest absolute Gasteiger partial charge is 0.262 e. The van der Waals surface area contributed by atoms with Gasteiger partial charge in [-0.05, 0) is 79.9 Å². The summed E-state index contributed by atoms with van der Waals surface area (Å²) in [5.41, 5.74) is 6.44. The fourth-order valence-corrected chi connectivity index (χ4v) is 3.05. The van der Waals surface area contributed by atoms with Crippen molar-refractivity contribution in [2.45, 2.75) is 20.8 Å². The lowest BCUT2D eigenvalue weighted by Crippen LogP contribution is -2.20. The molecule has 0 atom stereocenters. The molecule has 0 bridgehead atoms. The van der Waals surface area contributed by atoms with Crippen molar-refractivity contribution in [1.29, 1.82) is 0 Å². The highest BCUT2D eigenvalue weighted by atomic mass is 16.5. The molecule has 3 aromatic carbocycles. The molecular weight excluding hydrogens is 364 g/mol. The minimum Gasteiger partial charge on any atom is -0.484 e. The number of benzene rings is 3. The van der Waals surface area contributed by atoms with Crippen LogP contribution in [0, 0.1) is 20.8 Å². The summed E-state index contributed by atoms with van der Waals surface area (Å²) in [4.78, 5) is 16.8. The number of carbonyl (C=O) groups is 1. The van der Waals surface area contributed by atoms with Gasteiger partial charge in [-0.2, -0.15) is 0 Å². The number of oxazole rings is 1. The SMILES string of the molecule is Cc1cccc(OCC(=O)Nc2ccc3oc(-c4ccc(C)c(C)c4)nc3c2)c1. The summed E-state index contributed by atoms with van der Waals surface area (Å²) >= 11 is 0. The van der Waals surface area contributed by atoms with E-state index >= 15 is 0 Å². The number of aromatic nitrogens is 1. The van der Waals surface area contributed by atoms with Gasteiger partial charge in [0.25, 0.3) is 5.91 Å². The van der Waals surface area contributed by atoms with Crippen LogP contribution in [-0.4, -0.2) is 17.5 Å². The van der Waals surface area contributed by atoms with E-state index in [4.69, 9.17) is 9.15 Å². The first-order chi connectivity index (χ1) is 14.0. The minimum absolute atomic E-state index is 0.0613. The largest absolute Gasteiger partial charge is 0.484 e. The Bertz CT molecular complexity index is 1190. The second-order valence-corrected chi connectivity index (χ2v) is 7.15. The maximum absolute atomic E-state index is 12.2. The molecule has 5 nitrogen and oxygen atoms in total. The molecule has 0 aliphatic carbocycles. The van der Waals surface area contributed by atoms with Gasteiger partial charge in [0.2, 0.25) is 5.89 Å². The van der Waals surface area contributed by atoms with Crippen molar-refractivity contribution in [2.75, 3.05) is 11.9 Å². The summed E-state index contributed by atoms with van der Waals surface area (Å²) in [6, 6.07) is 19.1. The van der Waals surface area contributed by atoms with Gasteiger partial charge < -0.3 is 14.5 Å². The van der Waals surface area contributed by atoms with Crippen molar-refractivity contribution in [1.82, 2.24) is 4.98 Å². The molecule has 0 aliphatic heterocycles. The maximum Gasteiger partial charge on any atom is 0.262 e. The molecule has 0 saturated carbocycles. The monoisotopic (exact) mass is 386 g/mol. The maximum atomic E-state index is 12.2. The third-order valence-corrected chi connectivity index (χ3v) is 4.78. The topological polar surface area (TPSA) is 64.4 Å². The molecule has 0 saturated heterocycles. The van der Waals surface area contributed by atoms with Crippen molar-refractivity contribution in [3.63, 3.8) is 0 Å². The highest BCUT2D eigenvalue weighted by Gasteiger charge is 2.11. The lowest BCUT2D eigenvalue weighted by molar-refractivity contribution is -0.118. The molecule has 4 rings (SSSR count). The molecule has 0 unspecified atom stereocenters. The van der Waals surface area contributed by atoms with Gasteiger partial charge in [-0.25, -0.2) is 4.98 Å². The number of carbonyl (C=O) groups excluding carboxylic acids is 1. The summed E-state index contributed by atoms with van der Waals surface area (Å²) in [5.74, 6) is 1.00. The minimum atomic E-state index is -0.233. The zero-order valence-electron chi connectivity index (χ0n) is 16.7. The van der Waals surface area contributed by atoms with Crippen molar-refractivity contribution in [3.05, 3.63) is 77.4 Å². The molecule has 0 spiro atoms. The predicted octanol–water partition coefficient (Wildman–Crippen LogP) is 5.44. The Morgan fingerprint density at radius 3 is 2.66 bits per heavy atom. The Morgan fingerprint density at radius 1 is 1.00 bits per heavy atom. The fourth-order valence-electron chi connectivity index (χ4n) is 3.05. The van der Waals surface area contributed by atoms with E-state index in [0.717, 1.165) is 11.1 Å². The molecule has 1 aromatic heterocycles. The van der Waals surface area contributed by atoms with Crippen LogP contribution in [0.4, 0.5) is 5.69 Å².